The van der Waals surface area contributed by atoms with Gasteiger partial charge in [-0.3, -0.25) is 0 Å². The van der Waals surface area contributed by atoms with Gasteiger partial charge in [-0.2, -0.15) is 12.7 Å². The molecule has 3 rings (SSSR count). The van der Waals surface area contributed by atoms with Gasteiger partial charge in [-0.25, -0.2) is 14.1 Å². The Labute approximate surface area is 177 Å². The zero-order chi connectivity index (χ0) is 21.9. The van der Waals surface area contributed by atoms with Crippen LogP contribution in [0.2, 0.25) is 0 Å². The Morgan fingerprint density at radius 3 is 2.53 bits per heavy atom. The number of hydrogen-bond donors (Lipinski definition) is 1. The van der Waals surface area contributed by atoms with E-state index in [-0.39, 0.29) is 24.5 Å². The first kappa shape index (κ1) is 22.7. The monoisotopic (exact) mass is 442 g/mol. The highest BCUT2D eigenvalue weighted by Gasteiger charge is 2.35. The number of hydrogen-bond acceptors (Lipinski definition) is 7. The Morgan fingerprint density at radius 1 is 1.33 bits per heavy atom. The molecule has 2 fully saturated rings. The number of anilines is 2. The second-order valence-electron chi connectivity index (χ2n) is 7.78. The van der Waals surface area contributed by atoms with Crippen LogP contribution in [-0.2, 0) is 19.7 Å². The molecule has 1 aliphatic carbocycles. The largest absolute Gasteiger partial charge is 0.478 e. The van der Waals surface area contributed by atoms with Crippen LogP contribution in [0.1, 0.15) is 23.7 Å². The molecule has 1 saturated carbocycles. The topological polar surface area (TPSA) is 113 Å². The standard InChI is InChI=1S/C19H30N4O6S/c1-14-10-16(14)13-22(4-7-28-3)18-12-15(19(24)25)11-17(20-18)21(2)30(26,27)23-5-8-29-9-6-23/h11-12,14,16H,4-10,13H2,1-3H3,(H,24,25)/t14-,16+/m1/s1. The number of carboxylic acid groups (broad SMARTS) is 1. The number of carboxylic acids is 1. The molecule has 1 N–H and O–H groups in total. The first-order valence-electron chi connectivity index (χ1n) is 10.0. The molecule has 2 atom stereocenters. The molecule has 0 bridgehead atoms. The second-order valence-corrected chi connectivity index (χ2v) is 9.74. The quantitative estimate of drug-likeness (QED) is 0.569. The van der Waals surface area contributed by atoms with Gasteiger partial charge in [0.25, 0.3) is 0 Å². The van der Waals surface area contributed by atoms with Crippen molar-refractivity contribution in [2.24, 2.45) is 11.8 Å². The lowest BCUT2D eigenvalue weighted by Gasteiger charge is -2.31. The van der Waals surface area contributed by atoms with E-state index in [2.05, 4.69) is 11.9 Å². The van der Waals surface area contributed by atoms with E-state index < -0.39 is 16.2 Å². The van der Waals surface area contributed by atoms with Crippen LogP contribution in [0.15, 0.2) is 12.1 Å². The normalized spacial score (nSPS) is 22.0. The van der Waals surface area contributed by atoms with Crippen LogP contribution < -0.4 is 9.21 Å². The molecule has 0 unspecified atom stereocenters. The first-order chi connectivity index (χ1) is 14.2. The number of aromatic nitrogens is 1. The summed E-state index contributed by atoms with van der Waals surface area (Å²) in [5.41, 5.74) is -0.00899. The highest BCUT2D eigenvalue weighted by atomic mass is 32.2. The summed E-state index contributed by atoms with van der Waals surface area (Å²) < 4.78 is 38.9. The van der Waals surface area contributed by atoms with Gasteiger partial charge in [0, 0.05) is 40.3 Å². The highest BCUT2D eigenvalue weighted by Crippen LogP contribution is 2.39. The summed E-state index contributed by atoms with van der Waals surface area (Å²) >= 11 is 0. The van der Waals surface area contributed by atoms with Crippen LogP contribution in [0.4, 0.5) is 11.6 Å². The summed E-state index contributed by atoms with van der Waals surface area (Å²) in [4.78, 5) is 18.2. The Kier molecular flexibility index (Phi) is 7.17. The molecule has 0 spiro atoms. The summed E-state index contributed by atoms with van der Waals surface area (Å²) in [6.45, 7) is 5.03. The van der Waals surface area contributed by atoms with Gasteiger partial charge in [-0.1, -0.05) is 6.92 Å². The third-order valence-corrected chi connectivity index (χ3v) is 7.53. The molecule has 10 nitrogen and oxygen atoms in total. The summed E-state index contributed by atoms with van der Waals surface area (Å²) in [6.07, 6.45) is 1.11. The van der Waals surface area contributed by atoms with Crippen LogP contribution in [0.3, 0.4) is 0 Å². The average Bonchev–Trinajstić information content (AvgIpc) is 3.45. The molecule has 0 radical (unpaired) electrons. The number of pyridine rings is 1. The van der Waals surface area contributed by atoms with Crippen molar-refractivity contribution in [3.8, 4) is 0 Å². The van der Waals surface area contributed by atoms with E-state index >= 15 is 0 Å². The maximum Gasteiger partial charge on any atom is 0.335 e. The molecule has 11 heteroatoms. The Bertz CT molecular complexity index is 859. The number of nitrogens with zero attached hydrogens (tertiary/aromatic N) is 4. The van der Waals surface area contributed by atoms with Crippen molar-refractivity contribution in [1.82, 2.24) is 9.29 Å². The molecule has 2 heterocycles. The van der Waals surface area contributed by atoms with E-state index in [9.17, 15) is 18.3 Å². The molecule has 2 aliphatic rings. The van der Waals surface area contributed by atoms with Crippen molar-refractivity contribution in [1.29, 1.82) is 0 Å². The number of methoxy groups -OCH3 is 1. The van der Waals surface area contributed by atoms with Gasteiger partial charge in [0.2, 0.25) is 0 Å². The number of rotatable bonds is 10. The van der Waals surface area contributed by atoms with Gasteiger partial charge in [-0.05, 0) is 30.4 Å². The van der Waals surface area contributed by atoms with Crippen molar-refractivity contribution < 1.29 is 27.8 Å². The lowest BCUT2D eigenvalue weighted by molar-refractivity contribution is 0.0696. The number of morpholine rings is 1. The molecular weight excluding hydrogens is 412 g/mol. The number of carbonyl (C=O) groups is 1. The smallest absolute Gasteiger partial charge is 0.335 e. The molecule has 168 valence electrons. The fourth-order valence-electron chi connectivity index (χ4n) is 3.45. The average molecular weight is 443 g/mol. The maximum absolute atomic E-state index is 13.0. The molecule has 1 saturated heterocycles. The second kappa shape index (κ2) is 9.46. The molecular formula is C19H30N4O6S. The minimum absolute atomic E-state index is 0.00899. The fraction of sp³-hybridized carbons (Fsp3) is 0.684. The predicted molar refractivity (Wildman–Crippen MR) is 112 cm³/mol. The zero-order valence-corrected chi connectivity index (χ0v) is 18.5. The van der Waals surface area contributed by atoms with Crippen LogP contribution in [-0.4, -0.2) is 88.9 Å². The van der Waals surface area contributed by atoms with Crippen LogP contribution in [0.5, 0.6) is 0 Å². The summed E-state index contributed by atoms with van der Waals surface area (Å²) in [5.74, 6) is 0.494. The lowest BCUT2D eigenvalue weighted by atomic mass is 10.2. The van der Waals surface area contributed by atoms with Gasteiger partial charge in [0.05, 0.1) is 25.4 Å². The SMILES string of the molecule is COCCN(C[C@@H]1C[C@H]1C)c1cc(C(=O)O)cc(N(C)S(=O)(=O)N2CCOCC2)n1. The van der Waals surface area contributed by atoms with E-state index in [1.807, 2.05) is 4.90 Å². The first-order valence-corrected chi connectivity index (χ1v) is 11.4. The number of aromatic carboxylic acids is 1. The Balaban J connectivity index is 1.93. The molecule has 1 aromatic rings. The molecule has 1 aliphatic heterocycles. The van der Waals surface area contributed by atoms with Crippen molar-refractivity contribution in [3.63, 3.8) is 0 Å². The van der Waals surface area contributed by atoms with E-state index in [1.165, 1.54) is 23.5 Å². The lowest BCUT2D eigenvalue weighted by Crippen LogP contribution is -2.47. The maximum atomic E-state index is 13.0. The number of ether oxygens (including phenoxy) is 2. The van der Waals surface area contributed by atoms with Gasteiger partial charge in [0.1, 0.15) is 11.6 Å². The van der Waals surface area contributed by atoms with E-state index in [1.54, 1.807) is 7.11 Å². The summed E-state index contributed by atoms with van der Waals surface area (Å²) in [6, 6.07) is 2.78. The Morgan fingerprint density at radius 2 is 1.97 bits per heavy atom. The Hall–Kier alpha value is -1.95. The minimum atomic E-state index is -3.85. The van der Waals surface area contributed by atoms with Gasteiger partial charge < -0.3 is 19.5 Å². The predicted octanol–water partition coefficient (Wildman–Crippen LogP) is 0.902. The van der Waals surface area contributed by atoms with Gasteiger partial charge in [0.15, 0.2) is 0 Å². The summed E-state index contributed by atoms with van der Waals surface area (Å²) in [7, 11) is -0.850. The molecule has 1 aromatic heterocycles. The van der Waals surface area contributed by atoms with E-state index in [4.69, 9.17) is 9.47 Å². The van der Waals surface area contributed by atoms with Crippen molar-refractivity contribution in [2.75, 3.05) is 69.4 Å². The van der Waals surface area contributed by atoms with Crippen molar-refractivity contribution >= 4 is 27.8 Å². The third-order valence-electron chi connectivity index (χ3n) is 5.63. The van der Waals surface area contributed by atoms with Crippen molar-refractivity contribution in [2.45, 2.75) is 13.3 Å². The minimum Gasteiger partial charge on any atom is -0.478 e. The van der Waals surface area contributed by atoms with Gasteiger partial charge >= 0.3 is 16.2 Å². The third kappa shape index (κ3) is 5.20. The molecule has 0 aromatic carbocycles. The molecule has 30 heavy (non-hydrogen) atoms. The molecule has 0 amide bonds. The van der Waals surface area contributed by atoms with Crippen LogP contribution in [0, 0.1) is 11.8 Å². The van der Waals surface area contributed by atoms with Crippen LogP contribution in [0.25, 0.3) is 0 Å². The fourth-order valence-corrected chi connectivity index (χ4v) is 4.74. The van der Waals surface area contributed by atoms with Gasteiger partial charge in [-0.15, -0.1) is 0 Å². The zero-order valence-electron chi connectivity index (χ0n) is 17.7. The highest BCUT2D eigenvalue weighted by molar-refractivity contribution is 7.90. The van der Waals surface area contributed by atoms with Crippen LogP contribution >= 0.6 is 0 Å². The van der Waals surface area contributed by atoms with E-state index in [0.717, 1.165) is 17.3 Å². The summed E-state index contributed by atoms with van der Waals surface area (Å²) in [5, 5.41) is 9.60. The van der Waals surface area contributed by atoms with Crippen molar-refractivity contribution in [3.05, 3.63) is 17.7 Å². The van der Waals surface area contributed by atoms with E-state index in [0.29, 0.717) is 44.0 Å².